The van der Waals surface area contributed by atoms with Crippen molar-refractivity contribution >= 4 is 59.6 Å². The molecule has 5 aromatic rings. The van der Waals surface area contributed by atoms with Crippen LogP contribution in [0.5, 0.6) is 0 Å². The molecule has 0 bridgehead atoms. The van der Waals surface area contributed by atoms with Crippen molar-refractivity contribution < 1.29 is 9.21 Å². The van der Waals surface area contributed by atoms with Crippen LogP contribution in [0.2, 0.25) is 0 Å². The van der Waals surface area contributed by atoms with Crippen molar-refractivity contribution in [1.29, 1.82) is 0 Å². The summed E-state index contributed by atoms with van der Waals surface area (Å²) in [6.07, 6.45) is 3.39. The van der Waals surface area contributed by atoms with Gasteiger partial charge in [0.1, 0.15) is 6.54 Å². The Labute approximate surface area is 188 Å². The largest absolute Gasteiger partial charge is 0.420 e. The molecule has 3 heterocycles. The molecule has 9 heteroatoms. The Kier molecular flexibility index (Phi) is 5.13. The summed E-state index contributed by atoms with van der Waals surface area (Å²) in [5.41, 5.74) is 2.69. The van der Waals surface area contributed by atoms with Crippen LogP contribution >= 0.6 is 27.3 Å². The predicted molar refractivity (Wildman–Crippen MR) is 123 cm³/mol. The van der Waals surface area contributed by atoms with Crippen LogP contribution in [0.15, 0.2) is 80.7 Å². The quantitative estimate of drug-likeness (QED) is 0.356. The van der Waals surface area contributed by atoms with E-state index < -0.39 is 5.76 Å². The van der Waals surface area contributed by atoms with Crippen LogP contribution in [0.3, 0.4) is 0 Å². The van der Waals surface area contributed by atoms with Gasteiger partial charge in [-0.2, -0.15) is 0 Å². The highest BCUT2D eigenvalue weighted by atomic mass is 79.9. The molecule has 0 unspecified atom stereocenters. The number of aromatic nitrogens is 3. The van der Waals surface area contributed by atoms with E-state index in [9.17, 15) is 9.59 Å². The Hall–Kier alpha value is -3.30. The molecule has 0 saturated carbocycles. The molecule has 154 valence electrons. The van der Waals surface area contributed by atoms with Crippen LogP contribution in [0.25, 0.3) is 21.3 Å². The van der Waals surface area contributed by atoms with Crippen molar-refractivity contribution in [2.24, 2.45) is 0 Å². The highest BCUT2D eigenvalue weighted by Gasteiger charge is 2.23. The number of pyridine rings is 1. The number of hydrogen-bond donors (Lipinski definition) is 0. The molecule has 3 aromatic heterocycles. The minimum atomic E-state index is -0.566. The summed E-state index contributed by atoms with van der Waals surface area (Å²) < 4.78 is 8.52. The van der Waals surface area contributed by atoms with Gasteiger partial charge >= 0.3 is 5.76 Å². The minimum absolute atomic E-state index is 0.157. The molecule has 0 atom stereocenters. The van der Waals surface area contributed by atoms with E-state index in [0.29, 0.717) is 16.2 Å². The van der Waals surface area contributed by atoms with Gasteiger partial charge in [0.25, 0.3) is 0 Å². The molecule has 1 amide bonds. The van der Waals surface area contributed by atoms with Crippen LogP contribution in [0, 0.1) is 0 Å². The van der Waals surface area contributed by atoms with E-state index in [1.165, 1.54) is 15.9 Å². The number of halogens is 1. The van der Waals surface area contributed by atoms with E-state index in [4.69, 9.17) is 4.42 Å². The molecule has 0 aliphatic heterocycles. The van der Waals surface area contributed by atoms with Gasteiger partial charge in [-0.15, -0.1) is 0 Å². The summed E-state index contributed by atoms with van der Waals surface area (Å²) in [7, 11) is 0. The number of anilines is 1. The molecule has 0 spiro atoms. The number of hydrogen-bond acceptors (Lipinski definition) is 6. The molecule has 2 aromatic carbocycles. The van der Waals surface area contributed by atoms with Crippen molar-refractivity contribution in [3.63, 3.8) is 0 Å². The molecule has 0 fully saturated rings. The van der Waals surface area contributed by atoms with Gasteiger partial charge in [0.05, 0.1) is 22.3 Å². The van der Waals surface area contributed by atoms with E-state index in [0.717, 1.165) is 20.3 Å². The van der Waals surface area contributed by atoms with E-state index >= 15 is 0 Å². The Morgan fingerprint density at radius 1 is 1.16 bits per heavy atom. The fourth-order valence-corrected chi connectivity index (χ4v) is 4.86. The van der Waals surface area contributed by atoms with Gasteiger partial charge in [-0.25, -0.2) is 9.78 Å². The van der Waals surface area contributed by atoms with Crippen molar-refractivity contribution in [3.05, 3.63) is 87.6 Å². The highest BCUT2D eigenvalue weighted by molar-refractivity contribution is 9.10. The number of amides is 1. The molecule has 31 heavy (non-hydrogen) atoms. The van der Waals surface area contributed by atoms with Gasteiger partial charge in [-0.1, -0.05) is 45.5 Å². The Balaban J connectivity index is 1.54. The van der Waals surface area contributed by atoms with Crippen LogP contribution < -0.4 is 10.7 Å². The van der Waals surface area contributed by atoms with Gasteiger partial charge in [-0.05, 0) is 42.0 Å². The van der Waals surface area contributed by atoms with Crippen LogP contribution in [-0.4, -0.2) is 20.4 Å². The average Bonchev–Trinajstić information content (AvgIpc) is 3.33. The Bertz CT molecular complexity index is 1460. The third-order valence-corrected chi connectivity index (χ3v) is 6.34. The first-order valence-corrected chi connectivity index (χ1v) is 11.0. The monoisotopic (exact) mass is 494 g/mol. The zero-order valence-corrected chi connectivity index (χ0v) is 18.5. The second-order valence-electron chi connectivity index (χ2n) is 6.87. The maximum atomic E-state index is 13.4. The second-order valence-corrected chi connectivity index (χ2v) is 8.80. The molecule has 0 aliphatic rings. The molecule has 0 radical (unpaired) electrons. The lowest BCUT2D eigenvalue weighted by atomic mass is 10.2. The first kappa shape index (κ1) is 19.7. The third-order valence-electron chi connectivity index (χ3n) is 4.80. The van der Waals surface area contributed by atoms with Crippen molar-refractivity contribution in [2.75, 3.05) is 4.90 Å². The SMILES string of the molecule is O=C(Cn1c(=O)oc2ccccc21)N(Cc1cccnc1)c1nc2ccc(Br)cc2s1. The first-order valence-electron chi connectivity index (χ1n) is 9.42. The van der Waals surface area contributed by atoms with Gasteiger partial charge < -0.3 is 4.42 Å². The number of carbonyl (C=O) groups is 1. The van der Waals surface area contributed by atoms with Crippen molar-refractivity contribution in [1.82, 2.24) is 14.5 Å². The highest BCUT2D eigenvalue weighted by Crippen LogP contribution is 2.32. The first-order chi connectivity index (χ1) is 15.1. The summed E-state index contributed by atoms with van der Waals surface area (Å²) in [6.45, 7) is 0.133. The van der Waals surface area contributed by atoms with E-state index in [1.807, 2.05) is 30.3 Å². The summed E-state index contributed by atoms with van der Waals surface area (Å²) >= 11 is 4.89. The molecular weight excluding hydrogens is 480 g/mol. The van der Waals surface area contributed by atoms with Crippen LogP contribution in [-0.2, 0) is 17.9 Å². The van der Waals surface area contributed by atoms with Crippen molar-refractivity contribution in [2.45, 2.75) is 13.1 Å². The molecular formula is C22H15BrN4O3S. The van der Waals surface area contributed by atoms with Crippen LogP contribution in [0.4, 0.5) is 5.13 Å². The zero-order valence-electron chi connectivity index (χ0n) is 16.1. The average molecular weight is 495 g/mol. The number of para-hydroxylation sites is 2. The van der Waals surface area contributed by atoms with E-state index in [-0.39, 0.29) is 19.0 Å². The standard InChI is InChI=1S/C22H15BrN4O3S/c23-15-7-8-16-19(10-15)31-21(25-16)27(12-14-4-3-9-24-11-14)20(28)13-26-17-5-1-2-6-18(17)30-22(26)29/h1-11H,12-13H2. The Morgan fingerprint density at radius 2 is 2.03 bits per heavy atom. The summed E-state index contributed by atoms with van der Waals surface area (Å²) in [6, 6.07) is 16.6. The second kappa shape index (κ2) is 8.09. The summed E-state index contributed by atoms with van der Waals surface area (Å²) in [5.74, 6) is -0.834. The number of rotatable bonds is 5. The lowest BCUT2D eigenvalue weighted by molar-refractivity contribution is -0.119. The Morgan fingerprint density at radius 3 is 2.87 bits per heavy atom. The smallest absolute Gasteiger partial charge is 0.408 e. The zero-order chi connectivity index (χ0) is 21.4. The van der Waals surface area contributed by atoms with E-state index in [2.05, 4.69) is 25.9 Å². The molecule has 0 N–H and O–H groups in total. The van der Waals surface area contributed by atoms with E-state index in [1.54, 1.807) is 41.6 Å². The van der Waals surface area contributed by atoms with Gasteiger partial charge in [0, 0.05) is 16.9 Å². The molecule has 0 aliphatic carbocycles. The van der Waals surface area contributed by atoms with Crippen molar-refractivity contribution in [3.8, 4) is 0 Å². The lowest BCUT2D eigenvalue weighted by Crippen LogP contribution is -2.35. The minimum Gasteiger partial charge on any atom is -0.408 e. The summed E-state index contributed by atoms with van der Waals surface area (Å²) in [5, 5.41) is 0.558. The fourth-order valence-electron chi connectivity index (χ4n) is 3.32. The third kappa shape index (κ3) is 3.89. The normalized spacial score (nSPS) is 11.3. The number of carbonyl (C=O) groups excluding carboxylic acids is 1. The number of benzene rings is 2. The molecule has 7 nitrogen and oxygen atoms in total. The van der Waals surface area contributed by atoms with Gasteiger partial charge in [0.2, 0.25) is 5.91 Å². The van der Waals surface area contributed by atoms with Gasteiger partial charge in [-0.3, -0.25) is 19.2 Å². The van der Waals surface area contributed by atoms with Gasteiger partial charge in [0.15, 0.2) is 10.7 Å². The predicted octanol–water partition coefficient (Wildman–Crippen LogP) is 4.60. The maximum absolute atomic E-state index is 13.4. The number of fused-ring (bicyclic) bond motifs is 2. The topological polar surface area (TPSA) is 81.2 Å². The molecule has 5 rings (SSSR count). The lowest BCUT2D eigenvalue weighted by Gasteiger charge is -2.20. The number of thiazole rings is 1. The number of nitrogens with zero attached hydrogens (tertiary/aromatic N) is 4. The summed E-state index contributed by atoms with van der Waals surface area (Å²) in [4.78, 5) is 36.2. The fraction of sp³-hybridized carbons (Fsp3) is 0.0909. The van der Waals surface area contributed by atoms with Crippen LogP contribution in [0.1, 0.15) is 5.56 Å². The maximum Gasteiger partial charge on any atom is 0.420 e. The molecule has 0 saturated heterocycles. The number of oxazole rings is 1.